The van der Waals surface area contributed by atoms with Gasteiger partial charge in [0.15, 0.2) is 0 Å². The molecular formula is C13H9BrF2N2S. The predicted molar refractivity (Wildman–Crippen MR) is 79.7 cm³/mol. The first-order chi connectivity index (χ1) is 8.97. The lowest BCUT2D eigenvalue weighted by Gasteiger charge is -2.10. The topological polar surface area (TPSA) is 38.0 Å². The third-order valence-corrected chi connectivity index (χ3v) is 3.34. The second kappa shape index (κ2) is 5.63. The van der Waals surface area contributed by atoms with Crippen LogP contribution in [0.4, 0.5) is 20.2 Å². The molecule has 0 amide bonds. The normalized spacial score (nSPS) is 10.3. The van der Waals surface area contributed by atoms with Crippen LogP contribution in [0.5, 0.6) is 0 Å². The minimum atomic E-state index is -0.535. The number of nitrogens with one attached hydrogen (secondary N) is 1. The highest BCUT2D eigenvalue weighted by Gasteiger charge is 2.07. The molecule has 0 aliphatic rings. The quantitative estimate of drug-likeness (QED) is 0.824. The van der Waals surface area contributed by atoms with Crippen LogP contribution in [0.2, 0.25) is 0 Å². The summed E-state index contributed by atoms with van der Waals surface area (Å²) in [6, 6.07) is 8.31. The second-order valence-corrected chi connectivity index (χ2v) is 5.10. The van der Waals surface area contributed by atoms with E-state index in [9.17, 15) is 8.78 Å². The summed E-state index contributed by atoms with van der Waals surface area (Å²) in [7, 11) is 0. The lowest BCUT2D eigenvalue weighted by molar-refractivity contribution is 0.603. The van der Waals surface area contributed by atoms with Gasteiger partial charge in [-0.2, -0.15) is 0 Å². The van der Waals surface area contributed by atoms with E-state index in [4.69, 9.17) is 18.0 Å². The third kappa shape index (κ3) is 3.27. The minimum absolute atomic E-state index is 0.0591. The molecule has 0 saturated heterocycles. The molecule has 0 atom stereocenters. The van der Waals surface area contributed by atoms with Crippen LogP contribution in [-0.2, 0) is 0 Å². The molecule has 2 rings (SSSR count). The van der Waals surface area contributed by atoms with Crippen molar-refractivity contribution in [1.82, 2.24) is 0 Å². The third-order valence-electron chi connectivity index (χ3n) is 2.45. The summed E-state index contributed by atoms with van der Waals surface area (Å²) in [6.45, 7) is 0. The maximum absolute atomic E-state index is 13.5. The molecule has 2 aromatic carbocycles. The van der Waals surface area contributed by atoms with Gasteiger partial charge in [-0.15, -0.1) is 0 Å². The Bertz CT molecular complexity index is 647. The highest BCUT2D eigenvalue weighted by Crippen LogP contribution is 2.28. The lowest BCUT2D eigenvalue weighted by atomic mass is 10.2. The SMILES string of the molecule is NC(=S)c1ccc(Nc2cc(F)ccc2F)c(Br)c1. The molecule has 0 spiro atoms. The molecule has 0 saturated carbocycles. The van der Waals surface area contributed by atoms with Crippen molar-refractivity contribution < 1.29 is 8.78 Å². The number of halogens is 3. The lowest BCUT2D eigenvalue weighted by Crippen LogP contribution is -2.09. The summed E-state index contributed by atoms with van der Waals surface area (Å²) in [5.74, 6) is -1.05. The van der Waals surface area contributed by atoms with E-state index in [0.29, 0.717) is 15.7 Å². The average molecular weight is 343 g/mol. The highest BCUT2D eigenvalue weighted by atomic mass is 79.9. The van der Waals surface area contributed by atoms with E-state index >= 15 is 0 Å². The van der Waals surface area contributed by atoms with Gasteiger partial charge in [-0.1, -0.05) is 12.2 Å². The van der Waals surface area contributed by atoms with Gasteiger partial charge < -0.3 is 11.1 Å². The molecule has 0 radical (unpaired) electrons. The Balaban J connectivity index is 2.33. The van der Waals surface area contributed by atoms with Gasteiger partial charge in [0, 0.05) is 16.1 Å². The van der Waals surface area contributed by atoms with E-state index < -0.39 is 11.6 Å². The largest absolute Gasteiger partial charge is 0.389 e. The molecule has 19 heavy (non-hydrogen) atoms. The highest BCUT2D eigenvalue weighted by molar-refractivity contribution is 9.10. The number of anilines is 2. The van der Waals surface area contributed by atoms with E-state index in [1.165, 1.54) is 0 Å². The summed E-state index contributed by atoms with van der Waals surface area (Å²) in [6.07, 6.45) is 0. The second-order valence-electron chi connectivity index (χ2n) is 3.81. The molecule has 3 N–H and O–H groups in total. The van der Waals surface area contributed by atoms with Crippen LogP contribution in [-0.4, -0.2) is 4.99 Å². The van der Waals surface area contributed by atoms with Crippen LogP contribution >= 0.6 is 28.1 Å². The van der Waals surface area contributed by atoms with Gasteiger partial charge in [0.25, 0.3) is 0 Å². The van der Waals surface area contributed by atoms with Crippen molar-refractivity contribution in [3.05, 3.63) is 58.1 Å². The summed E-state index contributed by atoms with van der Waals surface area (Å²) < 4.78 is 27.2. The molecule has 0 unspecified atom stereocenters. The van der Waals surface area contributed by atoms with Gasteiger partial charge in [0.2, 0.25) is 0 Å². The molecule has 98 valence electrons. The number of nitrogens with two attached hydrogens (primary N) is 1. The summed E-state index contributed by atoms with van der Waals surface area (Å²) in [5.41, 5.74) is 6.84. The number of thiocarbonyl (C=S) groups is 1. The molecule has 0 aromatic heterocycles. The van der Waals surface area contributed by atoms with E-state index in [1.54, 1.807) is 18.2 Å². The molecule has 2 nitrogen and oxygen atoms in total. The van der Waals surface area contributed by atoms with Gasteiger partial charge in [-0.05, 0) is 46.3 Å². The zero-order chi connectivity index (χ0) is 14.0. The Morgan fingerprint density at radius 2 is 1.84 bits per heavy atom. The maximum atomic E-state index is 13.5. The number of rotatable bonds is 3. The number of hydrogen-bond donors (Lipinski definition) is 2. The maximum Gasteiger partial charge on any atom is 0.146 e. The average Bonchev–Trinajstić information content (AvgIpc) is 2.36. The fourth-order valence-corrected chi connectivity index (χ4v) is 2.11. The van der Waals surface area contributed by atoms with E-state index in [2.05, 4.69) is 21.2 Å². The zero-order valence-corrected chi connectivity index (χ0v) is 12.0. The number of benzene rings is 2. The van der Waals surface area contributed by atoms with E-state index in [0.717, 1.165) is 18.2 Å². The summed E-state index contributed by atoms with van der Waals surface area (Å²) in [4.78, 5) is 0.268. The molecule has 0 fully saturated rings. The van der Waals surface area contributed by atoms with Crippen LogP contribution in [0.15, 0.2) is 40.9 Å². The molecule has 0 aliphatic carbocycles. The van der Waals surface area contributed by atoms with Gasteiger partial charge in [-0.3, -0.25) is 0 Å². The Kier molecular flexibility index (Phi) is 4.11. The molecule has 2 aromatic rings. The number of hydrogen-bond acceptors (Lipinski definition) is 2. The Hall–Kier alpha value is -1.53. The monoisotopic (exact) mass is 342 g/mol. The van der Waals surface area contributed by atoms with Crippen molar-refractivity contribution in [2.75, 3.05) is 5.32 Å². The molecule has 6 heteroatoms. The van der Waals surface area contributed by atoms with Gasteiger partial charge in [-0.25, -0.2) is 8.78 Å². The van der Waals surface area contributed by atoms with Crippen molar-refractivity contribution in [3.8, 4) is 0 Å². The summed E-state index contributed by atoms with van der Waals surface area (Å²) in [5, 5.41) is 2.80. The first-order valence-corrected chi connectivity index (χ1v) is 6.49. The van der Waals surface area contributed by atoms with Crippen LogP contribution in [0.25, 0.3) is 0 Å². The van der Waals surface area contributed by atoms with Crippen molar-refractivity contribution in [3.63, 3.8) is 0 Å². The standard InChI is InChI=1S/C13H9BrF2N2S/c14-9-5-7(13(17)19)1-4-11(9)18-12-6-8(15)2-3-10(12)16/h1-6,18H,(H2,17,19). The minimum Gasteiger partial charge on any atom is -0.389 e. The van der Waals surface area contributed by atoms with E-state index in [1.807, 2.05) is 0 Å². The zero-order valence-electron chi connectivity index (χ0n) is 9.58. The van der Waals surface area contributed by atoms with Crippen molar-refractivity contribution >= 4 is 44.5 Å². The Morgan fingerprint density at radius 1 is 1.11 bits per heavy atom. The van der Waals surface area contributed by atoms with Crippen LogP contribution in [0, 0.1) is 11.6 Å². The van der Waals surface area contributed by atoms with Gasteiger partial charge >= 0.3 is 0 Å². The summed E-state index contributed by atoms with van der Waals surface area (Å²) >= 11 is 8.18. The van der Waals surface area contributed by atoms with Gasteiger partial charge in [0.1, 0.15) is 16.6 Å². The van der Waals surface area contributed by atoms with Crippen LogP contribution in [0.1, 0.15) is 5.56 Å². The Labute approximate surface area is 122 Å². The smallest absolute Gasteiger partial charge is 0.146 e. The van der Waals surface area contributed by atoms with Crippen molar-refractivity contribution in [2.24, 2.45) is 5.73 Å². The van der Waals surface area contributed by atoms with Crippen LogP contribution in [0.3, 0.4) is 0 Å². The fourth-order valence-electron chi connectivity index (χ4n) is 1.51. The van der Waals surface area contributed by atoms with Crippen molar-refractivity contribution in [2.45, 2.75) is 0 Å². The van der Waals surface area contributed by atoms with Crippen LogP contribution < -0.4 is 11.1 Å². The first-order valence-electron chi connectivity index (χ1n) is 5.29. The Morgan fingerprint density at radius 3 is 2.47 bits per heavy atom. The molecule has 0 heterocycles. The fraction of sp³-hybridized carbons (Fsp3) is 0. The molecule has 0 aliphatic heterocycles. The predicted octanol–water partition coefficient (Wildman–Crippen LogP) is 4.11. The van der Waals surface area contributed by atoms with E-state index in [-0.39, 0.29) is 10.7 Å². The molecular weight excluding hydrogens is 334 g/mol. The van der Waals surface area contributed by atoms with Gasteiger partial charge in [0.05, 0.1) is 11.4 Å². The molecule has 0 bridgehead atoms. The first kappa shape index (κ1) is 13.9. The van der Waals surface area contributed by atoms with Crippen molar-refractivity contribution in [1.29, 1.82) is 0 Å².